The van der Waals surface area contributed by atoms with E-state index in [4.69, 9.17) is 5.73 Å². The van der Waals surface area contributed by atoms with Gasteiger partial charge in [0.15, 0.2) is 5.03 Å². The molecule has 0 aromatic rings. The summed E-state index contributed by atoms with van der Waals surface area (Å²) in [6.07, 6.45) is 1.23. The molecule has 0 aliphatic heterocycles. The van der Waals surface area contributed by atoms with E-state index < -0.39 is 35.9 Å². The fourth-order valence-electron chi connectivity index (χ4n) is 2.96. The van der Waals surface area contributed by atoms with E-state index in [2.05, 4.69) is 15.0 Å². The molecule has 0 fully saturated rings. The van der Waals surface area contributed by atoms with Crippen LogP contribution in [-0.2, 0) is 19.1 Å². The first-order chi connectivity index (χ1) is 15.0. The Kier molecular flexibility index (Phi) is 14.6. The van der Waals surface area contributed by atoms with Crippen molar-refractivity contribution in [2.45, 2.75) is 64.7 Å². The van der Waals surface area contributed by atoms with Gasteiger partial charge in [-0.15, -0.1) is 0 Å². The molecule has 6 N–H and O–H groups in total. The number of Topliss-reactive ketones (excluding diaryl/α,β-unsaturated/α-hetero) is 1. The van der Waals surface area contributed by atoms with E-state index in [-0.39, 0.29) is 49.9 Å². The lowest BCUT2D eigenvalue weighted by Gasteiger charge is -2.23. The highest BCUT2D eigenvalue weighted by molar-refractivity contribution is 6.43. The zero-order valence-electron chi connectivity index (χ0n) is 18.8. The molecule has 0 unspecified atom stereocenters. The van der Waals surface area contributed by atoms with Gasteiger partial charge in [0.2, 0.25) is 5.91 Å². The average molecular weight is 459 g/mol. The summed E-state index contributed by atoms with van der Waals surface area (Å²) in [6, 6.07) is 0. The van der Waals surface area contributed by atoms with E-state index in [0.29, 0.717) is 19.3 Å². The SMILES string of the molecule is COC(=O)CCCC(=O)C[C@@H](CCCN=C(N)N[N+](=O)[O-])C(=O)N[C@@H](CC(C)C)B(O)O. The largest absolute Gasteiger partial charge is 0.475 e. The predicted molar refractivity (Wildman–Crippen MR) is 116 cm³/mol. The van der Waals surface area contributed by atoms with Crippen LogP contribution in [0.2, 0.25) is 0 Å². The number of methoxy groups -OCH3 is 1. The van der Waals surface area contributed by atoms with E-state index in [9.17, 15) is 34.5 Å². The number of nitrogens with one attached hydrogen (secondary N) is 2. The lowest BCUT2D eigenvalue weighted by molar-refractivity contribution is -0.525. The van der Waals surface area contributed by atoms with Gasteiger partial charge in [-0.05, 0) is 31.6 Å². The number of nitrogens with two attached hydrogens (primary N) is 1. The maximum atomic E-state index is 12.8. The smallest absolute Gasteiger partial charge is 0.469 e. The molecule has 0 saturated heterocycles. The molecule has 1 amide bonds. The Hall–Kier alpha value is -2.74. The maximum Gasteiger partial charge on any atom is 0.475 e. The lowest BCUT2D eigenvalue weighted by atomic mass is 9.74. The predicted octanol–water partition coefficient (Wildman–Crippen LogP) is -0.676. The second kappa shape index (κ2) is 16.0. The molecule has 0 rings (SSSR count). The van der Waals surface area contributed by atoms with Crippen molar-refractivity contribution in [3.05, 3.63) is 10.1 Å². The molecule has 0 aromatic carbocycles. The van der Waals surface area contributed by atoms with Crippen LogP contribution in [0, 0.1) is 22.0 Å². The Morgan fingerprint density at radius 2 is 1.88 bits per heavy atom. The fourth-order valence-corrected chi connectivity index (χ4v) is 2.96. The van der Waals surface area contributed by atoms with E-state index in [0.717, 1.165) is 0 Å². The minimum absolute atomic E-state index is 0.0870. The van der Waals surface area contributed by atoms with Crippen LogP contribution in [0.5, 0.6) is 0 Å². The van der Waals surface area contributed by atoms with E-state index in [1.807, 2.05) is 13.8 Å². The number of carbonyl (C=O) groups is 3. The van der Waals surface area contributed by atoms with Crippen LogP contribution in [0.3, 0.4) is 0 Å². The van der Waals surface area contributed by atoms with Gasteiger partial charge in [0.25, 0.3) is 5.96 Å². The zero-order valence-corrected chi connectivity index (χ0v) is 18.8. The molecular formula is C18H34BN5O8. The molecular weight excluding hydrogens is 425 g/mol. The van der Waals surface area contributed by atoms with Crippen molar-refractivity contribution in [3.8, 4) is 0 Å². The number of hydrazine groups is 1. The van der Waals surface area contributed by atoms with E-state index >= 15 is 0 Å². The van der Waals surface area contributed by atoms with Gasteiger partial charge in [-0.3, -0.25) is 14.4 Å². The van der Waals surface area contributed by atoms with Crippen LogP contribution in [0.1, 0.15) is 58.8 Å². The molecule has 0 bridgehead atoms. The molecule has 0 aromatic heterocycles. The Labute approximate surface area is 187 Å². The quantitative estimate of drug-likeness (QED) is 0.0374. The molecule has 32 heavy (non-hydrogen) atoms. The van der Waals surface area contributed by atoms with Crippen molar-refractivity contribution in [3.63, 3.8) is 0 Å². The van der Waals surface area contributed by atoms with Crippen molar-refractivity contribution in [1.29, 1.82) is 0 Å². The number of carbonyl (C=O) groups excluding carboxylic acids is 3. The summed E-state index contributed by atoms with van der Waals surface area (Å²) < 4.78 is 4.53. The van der Waals surface area contributed by atoms with Crippen LogP contribution in [0.15, 0.2) is 4.99 Å². The number of esters is 1. The van der Waals surface area contributed by atoms with Crippen molar-refractivity contribution in [1.82, 2.24) is 10.7 Å². The van der Waals surface area contributed by atoms with Gasteiger partial charge in [-0.1, -0.05) is 19.3 Å². The number of nitrogens with zero attached hydrogens (tertiary/aromatic N) is 2. The number of rotatable bonds is 16. The molecule has 0 aliphatic carbocycles. The molecule has 182 valence electrons. The minimum Gasteiger partial charge on any atom is -0.469 e. The topological polar surface area (TPSA) is 206 Å². The molecule has 13 nitrogen and oxygen atoms in total. The van der Waals surface area contributed by atoms with Crippen LogP contribution in [0.4, 0.5) is 0 Å². The second-order valence-corrected chi connectivity index (χ2v) is 7.81. The summed E-state index contributed by atoms with van der Waals surface area (Å²) in [5, 5.41) is 31.1. The zero-order chi connectivity index (χ0) is 24.7. The number of ether oxygens (including phenoxy) is 1. The Bertz CT molecular complexity index is 659. The van der Waals surface area contributed by atoms with Crippen molar-refractivity contribution >= 4 is 30.7 Å². The molecule has 0 aliphatic rings. The van der Waals surface area contributed by atoms with E-state index in [1.165, 1.54) is 7.11 Å². The molecule has 2 atom stereocenters. The molecule has 0 spiro atoms. The number of nitro groups is 1. The number of hydrogen-bond donors (Lipinski definition) is 5. The summed E-state index contributed by atoms with van der Waals surface area (Å²) in [5.74, 6) is -3.12. The second-order valence-electron chi connectivity index (χ2n) is 7.81. The molecule has 0 saturated carbocycles. The van der Waals surface area contributed by atoms with Gasteiger partial charge >= 0.3 is 13.1 Å². The van der Waals surface area contributed by atoms with Crippen LogP contribution < -0.4 is 16.5 Å². The van der Waals surface area contributed by atoms with Gasteiger partial charge in [0, 0.05) is 31.7 Å². The maximum absolute atomic E-state index is 12.8. The first-order valence-corrected chi connectivity index (χ1v) is 10.4. The van der Waals surface area contributed by atoms with E-state index in [1.54, 1.807) is 5.43 Å². The standard InChI is InChI=1S/C18H34BN5O8/c1-12(2)10-15(19(28)29)22-17(27)13(6-5-9-21-18(20)23-24(30)31)11-14(25)7-4-8-16(26)32-3/h12-13,15,28-29H,4-11H2,1-3H3,(H,22,27)(H3,20,21,23)/t13-,15+/m1/s1. The van der Waals surface area contributed by atoms with Crippen LogP contribution >= 0.6 is 0 Å². The van der Waals surface area contributed by atoms with Gasteiger partial charge < -0.3 is 25.8 Å². The first-order valence-electron chi connectivity index (χ1n) is 10.4. The Morgan fingerprint density at radius 1 is 1.22 bits per heavy atom. The van der Waals surface area contributed by atoms with Crippen molar-refractivity contribution in [2.24, 2.45) is 22.6 Å². The van der Waals surface area contributed by atoms with Gasteiger partial charge in [0.05, 0.1) is 13.1 Å². The van der Waals surface area contributed by atoms with Crippen LogP contribution in [-0.4, -0.2) is 65.4 Å². The van der Waals surface area contributed by atoms with Gasteiger partial charge in [-0.25, -0.2) is 15.1 Å². The van der Waals surface area contributed by atoms with Crippen LogP contribution in [0.25, 0.3) is 0 Å². The first kappa shape index (κ1) is 29.3. The molecule has 0 radical (unpaired) electrons. The molecule has 14 heteroatoms. The summed E-state index contributed by atoms with van der Waals surface area (Å²) in [6.45, 7) is 3.82. The summed E-state index contributed by atoms with van der Waals surface area (Å²) in [4.78, 5) is 50.3. The number of ketones is 1. The number of aliphatic imine (C=N–C) groups is 1. The molecule has 0 heterocycles. The third kappa shape index (κ3) is 14.3. The summed E-state index contributed by atoms with van der Waals surface area (Å²) >= 11 is 0. The minimum atomic E-state index is -1.75. The number of guanidine groups is 1. The normalized spacial score (nSPS) is 13.2. The van der Waals surface area contributed by atoms with Crippen molar-refractivity contribution < 1.29 is 34.2 Å². The highest BCUT2D eigenvalue weighted by Gasteiger charge is 2.29. The highest BCUT2D eigenvalue weighted by Crippen LogP contribution is 2.16. The average Bonchev–Trinajstić information content (AvgIpc) is 2.68. The van der Waals surface area contributed by atoms with Gasteiger partial charge in [0.1, 0.15) is 5.78 Å². The Morgan fingerprint density at radius 3 is 2.41 bits per heavy atom. The number of hydrogen-bond acceptors (Lipinski definition) is 9. The van der Waals surface area contributed by atoms with Crippen molar-refractivity contribution in [2.75, 3.05) is 13.7 Å². The summed E-state index contributed by atoms with van der Waals surface area (Å²) in [7, 11) is -0.500. The Balaban J connectivity index is 5.02. The lowest BCUT2D eigenvalue weighted by Crippen LogP contribution is -2.49. The number of amides is 1. The third-order valence-corrected chi connectivity index (χ3v) is 4.52. The van der Waals surface area contributed by atoms with Gasteiger partial charge in [-0.2, -0.15) is 0 Å². The monoisotopic (exact) mass is 459 g/mol. The fraction of sp³-hybridized carbons (Fsp3) is 0.778. The highest BCUT2D eigenvalue weighted by atomic mass is 16.7. The summed E-state index contributed by atoms with van der Waals surface area (Å²) in [5.41, 5.74) is 7.04. The third-order valence-electron chi connectivity index (χ3n) is 4.52.